The number of allylic oxidation sites excluding steroid dienone is 2. The van der Waals surface area contributed by atoms with Crippen LogP contribution in [0.15, 0.2) is 72.8 Å². The van der Waals surface area contributed by atoms with Crippen LogP contribution in [-0.2, 0) is 0 Å². The molecule has 0 radical (unpaired) electrons. The largest absolute Gasteiger partial charge is 0.378 e. The van der Waals surface area contributed by atoms with E-state index in [2.05, 4.69) is 59.9 Å². The summed E-state index contributed by atoms with van der Waals surface area (Å²) in [5.74, 6) is 0.588. The van der Waals surface area contributed by atoms with Crippen LogP contribution in [0, 0.1) is 16.0 Å². The summed E-state index contributed by atoms with van der Waals surface area (Å²) in [6.45, 7) is 0. The van der Waals surface area contributed by atoms with Crippen LogP contribution in [0.4, 0.5) is 11.4 Å². The summed E-state index contributed by atoms with van der Waals surface area (Å²) in [5, 5.41) is 17.4. The number of non-ortho nitro benzene ring substituents is 1. The maximum Gasteiger partial charge on any atom is 0.269 e. The molecule has 0 saturated heterocycles. The van der Waals surface area contributed by atoms with Gasteiger partial charge in [0.05, 0.1) is 11.0 Å². The van der Waals surface area contributed by atoms with Gasteiger partial charge in [0.25, 0.3) is 5.69 Å². The van der Waals surface area contributed by atoms with Crippen LogP contribution < -0.4 is 5.32 Å². The number of hydrogen-bond acceptors (Lipinski definition) is 3. The van der Waals surface area contributed by atoms with Gasteiger partial charge in [-0.3, -0.25) is 10.1 Å². The van der Waals surface area contributed by atoms with E-state index in [-0.39, 0.29) is 22.6 Å². The van der Waals surface area contributed by atoms with Crippen LogP contribution in [0.25, 0.3) is 10.8 Å². The van der Waals surface area contributed by atoms with Crippen molar-refractivity contribution < 1.29 is 4.92 Å². The van der Waals surface area contributed by atoms with E-state index in [1.807, 2.05) is 6.07 Å². The second-order valence-corrected chi connectivity index (χ2v) is 7.07. The first-order valence-corrected chi connectivity index (χ1v) is 8.91. The van der Waals surface area contributed by atoms with Gasteiger partial charge in [-0.25, -0.2) is 0 Å². The lowest BCUT2D eigenvalue weighted by molar-refractivity contribution is -0.384. The number of nitro benzene ring substituents is 1. The number of nitrogens with zero attached hydrogens (tertiary/aromatic N) is 1. The lowest BCUT2D eigenvalue weighted by Crippen LogP contribution is -2.29. The fourth-order valence-electron chi connectivity index (χ4n) is 4.52. The summed E-state index contributed by atoms with van der Waals surface area (Å²) < 4.78 is 0. The van der Waals surface area contributed by atoms with E-state index < -0.39 is 0 Å². The molecule has 26 heavy (non-hydrogen) atoms. The first-order valence-electron chi connectivity index (χ1n) is 8.91. The maximum absolute atomic E-state index is 11.2. The molecule has 4 heteroatoms. The number of benzene rings is 3. The van der Waals surface area contributed by atoms with Crippen molar-refractivity contribution in [3.05, 3.63) is 94.1 Å². The topological polar surface area (TPSA) is 55.2 Å². The van der Waals surface area contributed by atoms with Gasteiger partial charge in [-0.1, -0.05) is 54.6 Å². The van der Waals surface area contributed by atoms with Gasteiger partial charge in [0.2, 0.25) is 0 Å². The third-order valence-electron chi connectivity index (χ3n) is 5.72. The van der Waals surface area contributed by atoms with Crippen LogP contribution in [0.1, 0.15) is 29.5 Å². The van der Waals surface area contributed by atoms with Crippen LogP contribution in [-0.4, -0.2) is 4.92 Å². The smallest absolute Gasteiger partial charge is 0.269 e. The number of rotatable bonds is 2. The molecular formula is C22H18N2O2. The van der Waals surface area contributed by atoms with Crippen molar-refractivity contribution in [2.75, 3.05) is 5.32 Å². The van der Waals surface area contributed by atoms with Gasteiger partial charge in [0.15, 0.2) is 0 Å². The van der Waals surface area contributed by atoms with Crippen molar-refractivity contribution in [3.63, 3.8) is 0 Å². The molecule has 3 aromatic carbocycles. The van der Waals surface area contributed by atoms with Crippen molar-refractivity contribution in [2.45, 2.75) is 18.4 Å². The number of fused-ring (bicyclic) bond motifs is 4. The maximum atomic E-state index is 11.2. The van der Waals surface area contributed by atoms with Gasteiger partial charge in [0.1, 0.15) is 0 Å². The lowest BCUT2D eigenvalue weighted by Gasteiger charge is -2.37. The Labute approximate surface area is 151 Å². The zero-order valence-electron chi connectivity index (χ0n) is 14.1. The predicted molar refractivity (Wildman–Crippen MR) is 103 cm³/mol. The molecule has 128 valence electrons. The van der Waals surface area contributed by atoms with Crippen LogP contribution >= 0.6 is 0 Å². The Balaban J connectivity index is 1.65. The molecule has 0 aromatic heterocycles. The SMILES string of the molecule is O=[N+]([O-])c1ccc2c(c1)[C@H]1C=CC[C@@H]1[C@@H](c1cccc3ccccc13)N2. The fourth-order valence-corrected chi connectivity index (χ4v) is 4.52. The van der Waals surface area contributed by atoms with Gasteiger partial charge in [-0.05, 0) is 40.3 Å². The van der Waals surface area contributed by atoms with Crippen LogP contribution in [0.5, 0.6) is 0 Å². The number of hydrogen-bond donors (Lipinski definition) is 1. The number of nitro groups is 1. The zero-order valence-corrected chi connectivity index (χ0v) is 14.1. The minimum atomic E-state index is -0.315. The molecule has 0 bridgehead atoms. The highest BCUT2D eigenvalue weighted by Crippen LogP contribution is 2.51. The molecule has 4 nitrogen and oxygen atoms in total. The first kappa shape index (κ1) is 15.1. The quantitative estimate of drug-likeness (QED) is 0.376. The standard InChI is InChI=1S/C22H18N2O2/c25-24(26)15-11-12-21-20(13-15)17-8-4-10-19(17)22(23-21)18-9-3-6-14-5-1-2-7-16(14)18/h1-9,11-13,17,19,22-23H,10H2/t17-,19-,22+/m0/s1. The average Bonchev–Trinajstić information content (AvgIpc) is 3.16. The summed E-state index contributed by atoms with van der Waals surface area (Å²) >= 11 is 0. The highest BCUT2D eigenvalue weighted by Gasteiger charge is 2.39. The molecule has 1 aliphatic carbocycles. The third kappa shape index (κ3) is 2.22. The molecular weight excluding hydrogens is 324 g/mol. The van der Waals surface area contributed by atoms with Gasteiger partial charge >= 0.3 is 0 Å². The minimum absolute atomic E-state index is 0.160. The normalized spacial score (nSPS) is 23.3. The van der Waals surface area contributed by atoms with E-state index in [1.165, 1.54) is 16.3 Å². The van der Waals surface area contributed by atoms with E-state index in [0.717, 1.165) is 17.7 Å². The summed E-state index contributed by atoms with van der Waals surface area (Å²) in [5.41, 5.74) is 3.50. The van der Waals surface area contributed by atoms with E-state index in [4.69, 9.17) is 0 Å². The highest BCUT2D eigenvalue weighted by atomic mass is 16.6. The fraction of sp³-hybridized carbons (Fsp3) is 0.182. The Bertz CT molecular complexity index is 1050. The molecule has 0 unspecified atom stereocenters. The highest BCUT2D eigenvalue weighted by molar-refractivity contribution is 5.86. The van der Waals surface area contributed by atoms with Crippen molar-refractivity contribution in [1.29, 1.82) is 0 Å². The second-order valence-electron chi connectivity index (χ2n) is 7.07. The van der Waals surface area contributed by atoms with E-state index in [1.54, 1.807) is 12.1 Å². The summed E-state index contributed by atoms with van der Waals surface area (Å²) in [6, 6.07) is 20.3. The molecule has 1 heterocycles. The Morgan fingerprint density at radius 3 is 2.73 bits per heavy atom. The first-order chi connectivity index (χ1) is 12.7. The lowest BCUT2D eigenvalue weighted by atomic mass is 9.76. The molecule has 3 aromatic rings. The van der Waals surface area contributed by atoms with Crippen LogP contribution in [0.2, 0.25) is 0 Å². The zero-order chi connectivity index (χ0) is 17.7. The summed E-state index contributed by atoms with van der Waals surface area (Å²) in [6.07, 6.45) is 5.41. The molecule has 1 aliphatic heterocycles. The van der Waals surface area contributed by atoms with Crippen molar-refractivity contribution in [3.8, 4) is 0 Å². The predicted octanol–water partition coefficient (Wildman–Crippen LogP) is 5.57. The number of nitrogens with one attached hydrogen (secondary N) is 1. The molecule has 0 saturated carbocycles. The van der Waals surface area contributed by atoms with E-state index in [9.17, 15) is 10.1 Å². The minimum Gasteiger partial charge on any atom is -0.378 e. The Hall–Kier alpha value is -3.14. The molecule has 1 N–H and O–H groups in total. The van der Waals surface area contributed by atoms with Crippen LogP contribution in [0.3, 0.4) is 0 Å². The van der Waals surface area contributed by atoms with E-state index in [0.29, 0.717) is 5.92 Å². The summed E-state index contributed by atoms with van der Waals surface area (Å²) in [7, 11) is 0. The molecule has 5 rings (SSSR count). The molecule has 3 atom stereocenters. The number of anilines is 1. The second kappa shape index (κ2) is 5.70. The van der Waals surface area contributed by atoms with Gasteiger partial charge in [-0.15, -0.1) is 0 Å². The van der Waals surface area contributed by atoms with Gasteiger partial charge in [-0.2, -0.15) is 0 Å². The van der Waals surface area contributed by atoms with E-state index >= 15 is 0 Å². The monoisotopic (exact) mass is 342 g/mol. The van der Waals surface area contributed by atoms with Crippen molar-refractivity contribution >= 4 is 22.1 Å². The Morgan fingerprint density at radius 2 is 1.85 bits per heavy atom. The Morgan fingerprint density at radius 1 is 1.00 bits per heavy atom. The molecule has 0 fully saturated rings. The van der Waals surface area contributed by atoms with Crippen molar-refractivity contribution in [1.82, 2.24) is 0 Å². The molecule has 2 aliphatic rings. The summed E-state index contributed by atoms with van der Waals surface area (Å²) in [4.78, 5) is 10.9. The Kier molecular flexibility index (Phi) is 3.32. The molecule has 0 spiro atoms. The molecule has 0 amide bonds. The van der Waals surface area contributed by atoms with Crippen molar-refractivity contribution in [2.24, 2.45) is 5.92 Å². The van der Waals surface area contributed by atoms with Gasteiger partial charge < -0.3 is 5.32 Å². The average molecular weight is 342 g/mol. The third-order valence-corrected chi connectivity index (χ3v) is 5.72. The van der Waals surface area contributed by atoms with Gasteiger partial charge in [0, 0.05) is 23.7 Å².